The highest BCUT2D eigenvalue weighted by molar-refractivity contribution is 6.03. The van der Waals surface area contributed by atoms with Crippen molar-refractivity contribution >= 4 is 17.6 Å². The number of anilines is 1. The van der Waals surface area contributed by atoms with Crippen LogP contribution in [0, 0.1) is 0 Å². The summed E-state index contributed by atoms with van der Waals surface area (Å²) in [5, 5.41) is 10.5. The van der Waals surface area contributed by atoms with Gasteiger partial charge in [0.15, 0.2) is 0 Å². The molecule has 0 radical (unpaired) electrons. The van der Waals surface area contributed by atoms with E-state index in [1.165, 1.54) is 5.56 Å². The summed E-state index contributed by atoms with van der Waals surface area (Å²) in [6, 6.07) is 19.3. The molecular weight excluding hydrogens is 364 g/mol. The van der Waals surface area contributed by atoms with Gasteiger partial charge in [0.2, 0.25) is 5.91 Å². The largest absolute Gasteiger partial charge is 0.356 e. The first-order valence-corrected chi connectivity index (χ1v) is 9.95. The lowest BCUT2D eigenvalue weighted by molar-refractivity contribution is -0.126. The van der Waals surface area contributed by atoms with Crippen LogP contribution >= 0.6 is 0 Å². The predicted octanol–water partition coefficient (Wildman–Crippen LogP) is 3.35. The summed E-state index contributed by atoms with van der Waals surface area (Å²) < 4.78 is 1.68. The number of nitrogens with one attached hydrogen (secondary N) is 2. The van der Waals surface area contributed by atoms with Crippen molar-refractivity contribution in [2.24, 2.45) is 0 Å². The van der Waals surface area contributed by atoms with Crippen molar-refractivity contribution in [3.05, 3.63) is 71.9 Å². The lowest BCUT2D eigenvalue weighted by atomic mass is 10.0. The molecule has 1 aliphatic heterocycles. The van der Waals surface area contributed by atoms with E-state index in [2.05, 4.69) is 15.7 Å². The molecule has 29 heavy (non-hydrogen) atoms. The Morgan fingerprint density at radius 2 is 1.79 bits per heavy atom. The van der Waals surface area contributed by atoms with E-state index in [4.69, 9.17) is 0 Å². The molecule has 0 saturated heterocycles. The molecule has 1 unspecified atom stereocenters. The van der Waals surface area contributed by atoms with Gasteiger partial charge in [-0.15, -0.1) is 0 Å². The molecule has 6 nitrogen and oxygen atoms in total. The number of carbonyl (C=O) groups is 2. The summed E-state index contributed by atoms with van der Waals surface area (Å²) in [6.07, 6.45) is 1.58. The van der Waals surface area contributed by atoms with Gasteiger partial charge < -0.3 is 10.6 Å². The van der Waals surface area contributed by atoms with Gasteiger partial charge in [0, 0.05) is 12.1 Å². The molecule has 0 bridgehead atoms. The molecule has 2 heterocycles. The second-order valence-electron chi connectivity index (χ2n) is 7.13. The quantitative estimate of drug-likeness (QED) is 0.652. The summed E-state index contributed by atoms with van der Waals surface area (Å²) >= 11 is 0. The Morgan fingerprint density at radius 1 is 1.10 bits per heavy atom. The molecule has 1 aromatic heterocycles. The van der Waals surface area contributed by atoms with Crippen molar-refractivity contribution < 1.29 is 9.59 Å². The average Bonchev–Trinajstić information content (AvgIpc) is 3.24. The lowest BCUT2D eigenvalue weighted by Gasteiger charge is -2.10. The summed E-state index contributed by atoms with van der Waals surface area (Å²) in [5.74, 6) is 0.342. The fourth-order valence-corrected chi connectivity index (χ4v) is 3.71. The highest BCUT2D eigenvalue weighted by Gasteiger charge is 2.36. The smallest absolute Gasteiger partial charge is 0.251 e. The van der Waals surface area contributed by atoms with Crippen LogP contribution in [0.4, 0.5) is 5.82 Å². The molecule has 2 amide bonds. The normalized spacial score (nSPS) is 15.1. The Balaban J connectivity index is 1.47. The van der Waals surface area contributed by atoms with Crippen LogP contribution in [0.1, 0.15) is 30.6 Å². The number of amides is 2. The number of hydrogen-bond donors (Lipinski definition) is 2. The number of hydrogen-bond acceptors (Lipinski definition) is 3. The zero-order chi connectivity index (χ0) is 20.2. The van der Waals surface area contributed by atoms with Gasteiger partial charge in [0.1, 0.15) is 11.9 Å². The Hall–Kier alpha value is -3.41. The predicted molar refractivity (Wildman–Crippen MR) is 112 cm³/mol. The number of aromatic nitrogens is 2. The molecule has 1 atom stereocenters. The number of aryl methyl sites for hydroxylation is 1. The van der Waals surface area contributed by atoms with Crippen molar-refractivity contribution in [1.82, 2.24) is 15.1 Å². The molecule has 0 spiro atoms. The van der Waals surface area contributed by atoms with Gasteiger partial charge in [0.25, 0.3) is 5.91 Å². The van der Waals surface area contributed by atoms with Gasteiger partial charge in [-0.25, -0.2) is 4.68 Å². The summed E-state index contributed by atoms with van der Waals surface area (Å²) in [5.41, 5.74) is 4.04. The van der Waals surface area contributed by atoms with Crippen LogP contribution in [0.2, 0.25) is 0 Å². The van der Waals surface area contributed by atoms with Crippen LogP contribution in [0.3, 0.4) is 0 Å². The van der Waals surface area contributed by atoms with E-state index < -0.39 is 6.04 Å². The van der Waals surface area contributed by atoms with Crippen LogP contribution in [0.25, 0.3) is 11.1 Å². The maximum absolute atomic E-state index is 12.6. The second-order valence-corrected chi connectivity index (χ2v) is 7.13. The van der Waals surface area contributed by atoms with Crippen LogP contribution < -0.4 is 10.6 Å². The molecular formula is C23H24N4O2. The Labute approximate surface area is 169 Å². The zero-order valence-corrected chi connectivity index (χ0v) is 16.4. The van der Waals surface area contributed by atoms with E-state index in [9.17, 15) is 9.59 Å². The zero-order valence-electron chi connectivity index (χ0n) is 16.4. The fraction of sp³-hybridized carbons (Fsp3) is 0.261. The monoisotopic (exact) mass is 388 g/mol. The molecule has 0 saturated carbocycles. The third-order valence-electron chi connectivity index (χ3n) is 5.18. The maximum atomic E-state index is 12.6. The molecule has 2 aromatic carbocycles. The number of nitrogens with zero attached hydrogens (tertiary/aromatic N) is 2. The van der Waals surface area contributed by atoms with E-state index in [-0.39, 0.29) is 18.2 Å². The van der Waals surface area contributed by atoms with Gasteiger partial charge in [-0.05, 0) is 24.0 Å². The van der Waals surface area contributed by atoms with Crippen LogP contribution in [0.5, 0.6) is 0 Å². The Bertz CT molecular complexity index is 1010. The van der Waals surface area contributed by atoms with E-state index in [1.807, 2.05) is 67.6 Å². The minimum absolute atomic E-state index is 0.0761. The summed E-state index contributed by atoms with van der Waals surface area (Å²) in [4.78, 5) is 25.0. The fourth-order valence-electron chi connectivity index (χ4n) is 3.71. The molecule has 3 aromatic rings. The first-order valence-electron chi connectivity index (χ1n) is 9.95. The summed E-state index contributed by atoms with van der Waals surface area (Å²) in [7, 11) is 0. The number of fused-ring (bicyclic) bond motifs is 1. The van der Waals surface area contributed by atoms with Crippen molar-refractivity contribution in [2.75, 3.05) is 11.9 Å². The van der Waals surface area contributed by atoms with Crippen LogP contribution in [-0.4, -0.2) is 28.1 Å². The van der Waals surface area contributed by atoms with E-state index in [0.29, 0.717) is 12.4 Å². The van der Waals surface area contributed by atoms with Crippen molar-refractivity contribution in [2.45, 2.75) is 32.2 Å². The molecule has 4 rings (SSSR count). The van der Waals surface area contributed by atoms with E-state index in [1.54, 1.807) is 4.68 Å². The molecule has 0 fully saturated rings. The molecule has 2 N–H and O–H groups in total. The third kappa shape index (κ3) is 3.92. The van der Waals surface area contributed by atoms with Crippen molar-refractivity contribution in [3.63, 3.8) is 0 Å². The highest BCUT2D eigenvalue weighted by atomic mass is 16.2. The Morgan fingerprint density at radius 3 is 2.48 bits per heavy atom. The van der Waals surface area contributed by atoms with Crippen LogP contribution in [-0.2, 0) is 22.4 Å². The number of rotatable bonds is 7. The highest BCUT2D eigenvalue weighted by Crippen LogP contribution is 2.38. The van der Waals surface area contributed by atoms with Crippen LogP contribution in [0.15, 0.2) is 60.7 Å². The van der Waals surface area contributed by atoms with Gasteiger partial charge in [-0.3, -0.25) is 9.59 Å². The maximum Gasteiger partial charge on any atom is 0.251 e. The standard InChI is InChI=1S/C23H24N4O2/c1-2-18-21(17-11-7-4-8-12-17)22-25-23(29)19(27(22)26-18)15-20(28)24-14-13-16-9-5-3-6-10-16/h3-12,19H,2,13-15H2,1H3,(H,24,28)(H,25,29). The second kappa shape index (κ2) is 8.31. The van der Waals surface area contributed by atoms with E-state index in [0.717, 1.165) is 29.7 Å². The minimum atomic E-state index is -0.621. The molecule has 6 heteroatoms. The third-order valence-corrected chi connectivity index (χ3v) is 5.18. The number of carbonyl (C=O) groups excluding carboxylic acids is 2. The minimum Gasteiger partial charge on any atom is -0.356 e. The van der Waals surface area contributed by atoms with Gasteiger partial charge in [0.05, 0.1) is 12.1 Å². The van der Waals surface area contributed by atoms with Crippen molar-refractivity contribution in [3.8, 4) is 11.1 Å². The van der Waals surface area contributed by atoms with Gasteiger partial charge in [-0.1, -0.05) is 67.6 Å². The Kier molecular flexibility index (Phi) is 5.42. The topological polar surface area (TPSA) is 76.0 Å². The molecule has 148 valence electrons. The SMILES string of the molecule is CCc1nn2c(c1-c1ccccc1)NC(=O)C2CC(=O)NCCc1ccccc1. The van der Waals surface area contributed by atoms with E-state index >= 15 is 0 Å². The average molecular weight is 388 g/mol. The number of benzene rings is 2. The summed E-state index contributed by atoms with van der Waals surface area (Å²) in [6.45, 7) is 2.58. The molecule has 1 aliphatic rings. The first-order chi connectivity index (χ1) is 14.2. The molecule has 0 aliphatic carbocycles. The van der Waals surface area contributed by atoms with Gasteiger partial charge in [-0.2, -0.15) is 5.10 Å². The van der Waals surface area contributed by atoms with Crippen molar-refractivity contribution in [1.29, 1.82) is 0 Å². The lowest BCUT2D eigenvalue weighted by Crippen LogP contribution is -2.30. The van der Waals surface area contributed by atoms with Gasteiger partial charge >= 0.3 is 0 Å². The first kappa shape index (κ1) is 18.9.